The van der Waals surface area contributed by atoms with E-state index in [9.17, 15) is 13.2 Å². The largest absolute Gasteiger partial charge is 0.323 e. The number of carbonyl (C=O) groups excluding carboxylic acids is 1. The van der Waals surface area contributed by atoms with Gasteiger partial charge in [0.1, 0.15) is 0 Å². The molecule has 98 valence electrons. The van der Waals surface area contributed by atoms with E-state index in [1.165, 1.54) is 11.4 Å². The second-order valence-electron chi connectivity index (χ2n) is 4.40. The first-order chi connectivity index (χ1) is 8.36. The van der Waals surface area contributed by atoms with Gasteiger partial charge in [-0.1, -0.05) is 19.1 Å². The first kappa shape index (κ1) is 13.0. The van der Waals surface area contributed by atoms with Crippen molar-refractivity contribution in [2.45, 2.75) is 19.4 Å². The number of anilines is 1. The van der Waals surface area contributed by atoms with Gasteiger partial charge in [0, 0.05) is 25.1 Å². The fourth-order valence-electron chi connectivity index (χ4n) is 2.09. The summed E-state index contributed by atoms with van der Waals surface area (Å²) in [5, 5.41) is 0. The molecule has 0 spiro atoms. The van der Waals surface area contributed by atoms with Gasteiger partial charge < -0.3 is 5.73 Å². The Balaban J connectivity index is 2.58. The molecule has 18 heavy (non-hydrogen) atoms. The lowest BCUT2D eigenvalue weighted by Crippen LogP contribution is -2.39. The van der Waals surface area contributed by atoms with Crippen LogP contribution in [0, 0.1) is 0 Å². The number of sulfonamides is 1. The van der Waals surface area contributed by atoms with E-state index in [2.05, 4.69) is 0 Å². The van der Waals surface area contributed by atoms with E-state index in [1.807, 2.05) is 0 Å². The van der Waals surface area contributed by atoms with Crippen molar-refractivity contribution < 1.29 is 13.2 Å². The van der Waals surface area contributed by atoms with E-state index < -0.39 is 16.1 Å². The van der Waals surface area contributed by atoms with Crippen LogP contribution in [0.15, 0.2) is 18.2 Å². The third-order valence-corrected chi connectivity index (χ3v) is 5.03. The van der Waals surface area contributed by atoms with Gasteiger partial charge in [-0.2, -0.15) is 0 Å². The van der Waals surface area contributed by atoms with Crippen molar-refractivity contribution in [3.05, 3.63) is 29.3 Å². The Labute approximate surface area is 107 Å². The zero-order valence-corrected chi connectivity index (χ0v) is 11.2. The topological polar surface area (TPSA) is 80.5 Å². The molecule has 0 aliphatic carbocycles. The predicted molar refractivity (Wildman–Crippen MR) is 70.2 cm³/mol. The first-order valence-electron chi connectivity index (χ1n) is 5.76. The minimum absolute atomic E-state index is 0.0113. The summed E-state index contributed by atoms with van der Waals surface area (Å²) in [7, 11) is -1.89. The van der Waals surface area contributed by atoms with Crippen molar-refractivity contribution in [2.24, 2.45) is 5.73 Å². The molecule has 1 aliphatic heterocycles. The summed E-state index contributed by atoms with van der Waals surface area (Å²) in [5.74, 6) is -0.111. The molecule has 0 amide bonds. The Morgan fingerprint density at radius 2 is 2.17 bits per heavy atom. The van der Waals surface area contributed by atoms with Crippen molar-refractivity contribution >= 4 is 21.5 Å². The summed E-state index contributed by atoms with van der Waals surface area (Å²) in [6.45, 7) is 1.77. The predicted octanol–water partition coefficient (Wildman–Crippen LogP) is 1.06. The Bertz CT molecular complexity index is 595. The zero-order chi connectivity index (χ0) is 13.5. The molecule has 1 atom stereocenters. The highest BCUT2D eigenvalue weighted by Crippen LogP contribution is 2.33. The van der Waals surface area contributed by atoms with Crippen LogP contribution in [0.3, 0.4) is 0 Å². The number of ketones is 1. The molecule has 0 bridgehead atoms. The lowest BCUT2D eigenvalue weighted by Gasteiger charge is -2.31. The molecule has 1 heterocycles. The number of benzene rings is 1. The van der Waals surface area contributed by atoms with Crippen LogP contribution >= 0.6 is 0 Å². The number of fused-ring (bicyclic) bond motifs is 1. The molecule has 1 aromatic rings. The maximum absolute atomic E-state index is 11.9. The van der Waals surface area contributed by atoms with Crippen molar-refractivity contribution in [2.75, 3.05) is 17.1 Å². The number of Topliss-reactive ketones (excluding diaryl/α,β-unsaturated/α-hetero) is 1. The fourth-order valence-corrected chi connectivity index (χ4v) is 3.40. The molecule has 2 rings (SSSR count). The van der Waals surface area contributed by atoms with E-state index in [1.54, 1.807) is 25.1 Å². The van der Waals surface area contributed by atoms with Crippen molar-refractivity contribution in [3.63, 3.8) is 0 Å². The molecule has 6 heteroatoms. The molecule has 5 nitrogen and oxygen atoms in total. The third kappa shape index (κ3) is 2.02. The van der Waals surface area contributed by atoms with Gasteiger partial charge in [0.05, 0.1) is 11.4 Å². The van der Waals surface area contributed by atoms with E-state index in [4.69, 9.17) is 5.73 Å². The molecule has 0 radical (unpaired) electrons. The average molecular weight is 268 g/mol. The molecule has 0 saturated carbocycles. The van der Waals surface area contributed by atoms with E-state index in [-0.39, 0.29) is 11.5 Å². The summed E-state index contributed by atoms with van der Waals surface area (Å²) in [6, 6.07) is 4.52. The maximum Gasteiger partial charge on any atom is 0.236 e. The lowest BCUT2D eigenvalue weighted by atomic mass is 10.0. The smallest absolute Gasteiger partial charge is 0.236 e. The molecule has 0 fully saturated rings. The zero-order valence-electron chi connectivity index (χ0n) is 10.4. The van der Waals surface area contributed by atoms with Gasteiger partial charge in [0.25, 0.3) is 0 Å². The second-order valence-corrected chi connectivity index (χ2v) is 6.45. The van der Waals surface area contributed by atoms with Crippen LogP contribution < -0.4 is 10.0 Å². The number of hydrogen-bond acceptors (Lipinski definition) is 4. The van der Waals surface area contributed by atoms with E-state index in [0.717, 1.165) is 5.56 Å². The van der Waals surface area contributed by atoms with Crippen LogP contribution in [0.2, 0.25) is 0 Å². The number of rotatable bonds is 2. The van der Waals surface area contributed by atoms with E-state index in [0.29, 0.717) is 17.7 Å². The highest BCUT2D eigenvalue weighted by molar-refractivity contribution is 7.92. The van der Waals surface area contributed by atoms with E-state index >= 15 is 0 Å². The summed E-state index contributed by atoms with van der Waals surface area (Å²) < 4.78 is 24.9. The maximum atomic E-state index is 11.9. The van der Waals surface area contributed by atoms with Crippen LogP contribution in [-0.4, -0.2) is 27.0 Å². The summed E-state index contributed by atoms with van der Waals surface area (Å²) in [6.07, 6.45) is 0.390. The molecule has 0 saturated heterocycles. The van der Waals surface area contributed by atoms with Gasteiger partial charge in [-0.15, -0.1) is 0 Å². The molecule has 2 N–H and O–H groups in total. The van der Waals surface area contributed by atoms with Gasteiger partial charge in [-0.25, -0.2) is 8.42 Å². The quantitative estimate of drug-likeness (QED) is 0.813. The van der Waals surface area contributed by atoms with Gasteiger partial charge in [-0.05, 0) is 11.6 Å². The normalized spacial score (nSPS) is 21.5. The number of hydrogen-bond donors (Lipinski definition) is 1. The van der Waals surface area contributed by atoms with Crippen molar-refractivity contribution in [1.29, 1.82) is 0 Å². The van der Waals surface area contributed by atoms with Crippen LogP contribution in [-0.2, 0) is 10.0 Å². The SMILES string of the molecule is CCC(=O)c1ccc2c(c1)N(C)S(=O)(=O)CC2N. The Morgan fingerprint density at radius 3 is 2.78 bits per heavy atom. The Kier molecular flexibility index (Phi) is 3.16. The van der Waals surface area contributed by atoms with Crippen LogP contribution in [0.5, 0.6) is 0 Å². The summed E-state index contributed by atoms with van der Waals surface area (Å²) >= 11 is 0. The minimum Gasteiger partial charge on any atom is -0.323 e. The molecule has 1 unspecified atom stereocenters. The second kappa shape index (κ2) is 4.37. The fraction of sp³-hybridized carbons (Fsp3) is 0.417. The van der Waals surface area contributed by atoms with Gasteiger partial charge in [0.2, 0.25) is 10.0 Å². The van der Waals surface area contributed by atoms with Crippen molar-refractivity contribution in [3.8, 4) is 0 Å². The average Bonchev–Trinajstić information content (AvgIpc) is 2.34. The van der Waals surface area contributed by atoms with Crippen LogP contribution in [0.1, 0.15) is 35.3 Å². The van der Waals surface area contributed by atoms with Gasteiger partial charge in [-0.3, -0.25) is 9.10 Å². The minimum atomic E-state index is -3.38. The first-order valence-corrected chi connectivity index (χ1v) is 7.37. The molecule has 0 aromatic heterocycles. The van der Waals surface area contributed by atoms with Crippen LogP contribution in [0.4, 0.5) is 5.69 Å². The van der Waals surface area contributed by atoms with Crippen molar-refractivity contribution in [1.82, 2.24) is 0 Å². The number of carbonyl (C=O) groups is 1. The Hall–Kier alpha value is -1.40. The number of nitrogens with zero attached hydrogens (tertiary/aromatic N) is 1. The highest BCUT2D eigenvalue weighted by Gasteiger charge is 2.32. The number of nitrogens with two attached hydrogens (primary N) is 1. The lowest BCUT2D eigenvalue weighted by molar-refractivity contribution is 0.0988. The Morgan fingerprint density at radius 1 is 1.50 bits per heavy atom. The van der Waals surface area contributed by atoms with Gasteiger partial charge in [0.15, 0.2) is 5.78 Å². The molecule has 1 aliphatic rings. The highest BCUT2D eigenvalue weighted by atomic mass is 32.2. The molecule has 1 aromatic carbocycles. The molecular formula is C12H16N2O3S. The standard InChI is InChI=1S/C12H16N2O3S/c1-3-12(15)8-4-5-9-10(13)7-18(16,17)14(2)11(9)6-8/h4-6,10H,3,7,13H2,1-2H3. The monoisotopic (exact) mass is 268 g/mol. The van der Waals surface area contributed by atoms with Crippen LogP contribution in [0.25, 0.3) is 0 Å². The molecular weight excluding hydrogens is 252 g/mol. The summed E-state index contributed by atoms with van der Waals surface area (Å²) in [4.78, 5) is 11.6. The third-order valence-electron chi connectivity index (χ3n) is 3.22. The summed E-state index contributed by atoms with van der Waals surface area (Å²) in [5.41, 5.74) is 7.64. The van der Waals surface area contributed by atoms with Gasteiger partial charge >= 0.3 is 0 Å².